The van der Waals surface area contributed by atoms with E-state index in [1.807, 2.05) is 0 Å². The van der Waals surface area contributed by atoms with Crippen LogP contribution in [0.2, 0.25) is 0 Å². The molecule has 2 aromatic heterocycles. The lowest BCUT2D eigenvalue weighted by Gasteiger charge is -2.25. The standard InChI is InChI=1S/C19H17FN2O4S/c20-14-7-5-13(6-8-14)11-21-17(23)18(24)22-12-19(25,15-3-1-9-26-15)16-4-2-10-27-16/h1-10,25H,11-12H2,(H,21,23)(H,22,24). The third-order valence-electron chi connectivity index (χ3n) is 3.93. The SMILES string of the molecule is O=C(NCc1ccc(F)cc1)C(=O)NCC(O)(c1ccco1)c1cccs1. The molecule has 2 heterocycles. The average Bonchev–Trinajstić information content (AvgIpc) is 3.39. The van der Waals surface area contributed by atoms with E-state index in [1.54, 1.807) is 29.6 Å². The normalized spacial score (nSPS) is 13.0. The van der Waals surface area contributed by atoms with Crippen molar-refractivity contribution in [3.8, 4) is 0 Å². The maximum Gasteiger partial charge on any atom is 0.309 e. The van der Waals surface area contributed by atoms with Crippen molar-refractivity contribution in [1.29, 1.82) is 0 Å². The minimum atomic E-state index is -1.58. The van der Waals surface area contributed by atoms with Gasteiger partial charge in [0.05, 0.1) is 12.8 Å². The van der Waals surface area contributed by atoms with Crippen LogP contribution in [0.25, 0.3) is 0 Å². The van der Waals surface area contributed by atoms with Crippen molar-refractivity contribution >= 4 is 23.2 Å². The summed E-state index contributed by atoms with van der Waals surface area (Å²) in [6.07, 6.45) is 1.42. The zero-order chi connectivity index (χ0) is 19.3. The van der Waals surface area contributed by atoms with Gasteiger partial charge in [-0.3, -0.25) is 9.59 Å². The molecule has 27 heavy (non-hydrogen) atoms. The van der Waals surface area contributed by atoms with Crippen molar-refractivity contribution < 1.29 is 23.5 Å². The van der Waals surface area contributed by atoms with Gasteiger partial charge in [-0.1, -0.05) is 18.2 Å². The number of benzene rings is 1. The number of hydrogen-bond acceptors (Lipinski definition) is 5. The molecule has 1 atom stereocenters. The number of rotatable bonds is 6. The topological polar surface area (TPSA) is 91.6 Å². The first-order chi connectivity index (χ1) is 13.0. The van der Waals surface area contributed by atoms with Gasteiger partial charge in [0, 0.05) is 11.4 Å². The fraction of sp³-hybridized carbons (Fsp3) is 0.158. The van der Waals surface area contributed by atoms with Gasteiger partial charge in [0.15, 0.2) is 5.60 Å². The molecule has 0 saturated carbocycles. The average molecular weight is 388 g/mol. The Morgan fingerprint density at radius 2 is 1.81 bits per heavy atom. The van der Waals surface area contributed by atoms with Crippen LogP contribution >= 0.6 is 11.3 Å². The summed E-state index contributed by atoms with van der Waals surface area (Å²) in [5.41, 5.74) is -0.923. The number of furan rings is 1. The largest absolute Gasteiger partial charge is 0.466 e. The van der Waals surface area contributed by atoms with Gasteiger partial charge in [-0.2, -0.15) is 0 Å². The molecular formula is C19H17FN2O4S. The fourth-order valence-electron chi connectivity index (χ4n) is 2.48. The van der Waals surface area contributed by atoms with Crippen LogP contribution in [0.15, 0.2) is 64.6 Å². The summed E-state index contributed by atoms with van der Waals surface area (Å²) in [7, 11) is 0. The first-order valence-corrected chi connectivity index (χ1v) is 8.98. The molecule has 8 heteroatoms. The van der Waals surface area contributed by atoms with Crippen LogP contribution in [-0.4, -0.2) is 23.5 Å². The monoisotopic (exact) mass is 388 g/mol. The Morgan fingerprint density at radius 3 is 2.44 bits per heavy atom. The van der Waals surface area contributed by atoms with Crippen molar-refractivity contribution in [2.45, 2.75) is 12.1 Å². The molecule has 2 amide bonds. The number of aliphatic hydroxyl groups is 1. The molecule has 3 rings (SSSR count). The van der Waals surface area contributed by atoms with Crippen LogP contribution in [0, 0.1) is 5.82 Å². The van der Waals surface area contributed by atoms with Crippen LogP contribution < -0.4 is 10.6 Å². The summed E-state index contributed by atoms with van der Waals surface area (Å²) in [5.74, 6) is -1.86. The van der Waals surface area contributed by atoms with Crippen molar-refractivity contribution in [3.63, 3.8) is 0 Å². The predicted octanol–water partition coefficient (Wildman–Crippen LogP) is 2.15. The molecule has 1 aromatic carbocycles. The molecule has 0 aliphatic rings. The molecule has 0 radical (unpaired) electrons. The Bertz CT molecular complexity index is 858. The summed E-state index contributed by atoms with van der Waals surface area (Å²) >= 11 is 1.30. The minimum Gasteiger partial charge on any atom is -0.466 e. The highest BCUT2D eigenvalue weighted by atomic mass is 32.1. The lowest BCUT2D eigenvalue weighted by atomic mass is 9.98. The van der Waals surface area contributed by atoms with E-state index in [0.29, 0.717) is 10.4 Å². The van der Waals surface area contributed by atoms with E-state index < -0.39 is 17.4 Å². The van der Waals surface area contributed by atoms with Crippen LogP contribution in [0.5, 0.6) is 0 Å². The van der Waals surface area contributed by atoms with Crippen molar-refractivity contribution in [2.75, 3.05) is 6.54 Å². The van der Waals surface area contributed by atoms with Crippen LogP contribution in [0.4, 0.5) is 4.39 Å². The molecule has 6 nitrogen and oxygen atoms in total. The molecule has 0 fully saturated rings. The Hall–Kier alpha value is -2.97. The summed E-state index contributed by atoms with van der Waals surface area (Å²) in [4.78, 5) is 24.6. The number of hydrogen-bond donors (Lipinski definition) is 3. The predicted molar refractivity (Wildman–Crippen MR) is 97.3 cm³/mol. The number of carbonyl (C=O) groups is 2. The molecule has 0 saturated heterocycles. The highest BCUT2D eigenvalue weighted by molar-refractivity contribution is 7.10. The number of halogens is 1. The third kappa shape index (κ3) is 4.42. The smallest absolute Gasteiger partial charge is 0.309 e. The zero-order valence-corrected chi connectivity index (χ0v) is 15.0. The molecule has 0 spiro atoms. The lowest BCUT2D eigenvalue weighted by molar-refractivity contribution is -0.139. The molecule has 0 bridgehead atoms. The highest BCUT2D eigenvalue weighted by Gasteiger charge is 2.36. The first-order valence-electron chi connectivity index (χ1n) is 8.10. The van der Waals surface area contributed by atoms with E-state index in [2.05, 4.69) is 10.6 Å². The van der Waals surface area contributed by atoms with Gasteiger partial charge < -0.3 is 20.2 Å². The Labute approximate surface area is 158 Å². The molecular weight excluding hydrogens is 371 g/mol. The second kappa shape index (κ2) is 8.15. The maximum absolute atomic E-state index is 12.9. The van der Waals surface area contributed by atoms with Gasteiger partial charge in [-0.25, -0.2) is 4.39 Å². The van der Waals surface area contributed by atoms with Crippen LogP contribution in [-0.2, 0) is 21.7 Å². The number of carbonyl (C=O) groups excluding carboxylic acids is 2. The number of thiophene rings is 1. The van der Waals surface area contributed by atoms with Gasteiger partial charge in [0.1, 0.15) is 11.6 Å². The van der Waals surface area contributed by atoms with E-state index in [-0.39, 0.29) is 24.7 Å². The van der Waals surface area contributed by atoms with Crippen LogP contribution in [0.1, 0.15) is 16.2 Å². The quantitative estimate of drug-likeness (QED) is 0.564. The Morgan fingerprint density at radius 1 is 1.07 bits per heavy atom. The van der Waals surface area contributed by atoms with Gasteiger partial charge >= 0.3 is 11.8 Å². The summed E-state index contributed by atoms with van der Waals surface area (Å²) in [5, 5.41) is 17.7. The van der Waals surface area contributed by atoms with Gasteiger partial charge in [0.25, 0.3) is 0 Å². The number of amides is 2. The number of nitrogens with one attached hydrogen (secondary N) is 2. The molecule has 1 unspecified atom stereocenters. The molecule has 3 aromatic rings. The molecule has 0 aliphatic heterocycles. The lowest BCUT2D eigenvalue weighted by Crippen LogP contribution is -2.46. The molecule has 140 valence electrons. The molecule has 3 N–H and O–H groups in total. The second-order valence-electron chi connectivity index (χ2n) is 5.81. The minimum absolute atomic E-state index is 0.0832. The first kappa shape index (κ1) is 18.8. The maximum atomic E-state index is 12.9. The summed E-state index contributed by atoms with van der Waals surface area (Å²) < 4.78 is 18.2. The van der Waals surface area contributed by atoms with E-state index in [1.165, 1.54) is 41.9 Å². The van der Waals surface area contributed by atoms with Gasteiger partial charge in [0.2, 0.25) is 0 Å². The fourth-order valence-corrected chi connectivity index (χ4v) is 3.31. The van der Waals surface area contributed by atoms with Gasteiger partial charge in [-0.15, -0.1) is 11.3 Å². The van der Waals surface area contributed by atoms with Crippen molar-refractivity contribution in [3.05, 3.63) is 82.2 Å². The zero-order valence-electron chi connectivity index (χ0n) is 14.1. The van der Waals surface area contributed by atoms with E-state index in [4.69, 9.17) is 4.42 Å². The highest BCUT2D eigenvalue weighted by Crippen LogP contribution is 2.32. The Balaban J connectivity index is 1.61. The van der Waals surface area contributed by atoms with Crippen LogP contribution in [0.3, 0.4) is 0 Å². The summed E-state index contributed by atoms with van der Waals surface area (Å²) in [6.45, 7) is -0.149. The van der Waals surface area contributed by atoms with Crippen molar-refractivity contribution in [2.24, 2.45) is 0 Å². The van der Waals surface area contributed by atoms with E-state index >= 15 is 0 Å². The van der Waals surface area contributed by atoms with Crippen molar-refractivity contribution in [1.82, 2.24) is 10.6 Å². The molecule has 0 aliphatic carbocycles. The third-order valence-corrected chi connectivity index (χ3v) is 4.96. The second-order valence-corrected chi connectivity index (χ2v) is 6.75. The van der Waals surface area contributed by atoms with E-state index in [0.717, 1.165) is 0 Å². The Kier molecular flexibility index (Phi) is 5.68. The van der Waals surface area contributed by atoms with Gasteiger partial charge in [-0.05, 0) is 41.3 Å². The summed E-state index contributed by atoms with van der Waals surface area (Å²) in [6, 6.07) is 12.3. The van der Waals surface area contributed by atoms with E-state index in [9.17, 15) is 19.1 Å².